The number of aromatic nitrogens is 1. The molecule has 5 heteroatoms. The van der Waals surface area contributed by atoms with Crippen LogP contribution in [0.4, 0.5) is 0 Å². The molecule has 0 spiro atoms. The number of pyridine rings is 1. The highest BCUT2D eigenvalue weighted by atomic mass is 32.1. The van der Waals surface area contributed by atoms with Crippen molar-refractivity contribution >= 4 is 17.2 Å². The molecule has 3 heterocycles. The lowest BCUT2D eigenvalue weighted by molar-refractivity contribution is 0.0952. The zero-order valence-electron chi connectivity index (χ0n) is 12.2. The van der Waals surface area contributed by atoms with Gasteiger partial charge in [0.05, 0.1) is 28.1 Å². The van der Waals surface area contributed by atoms with Gasteiger partial charge in [-0.15, -0.1) is 11.3 Å². The van der Waals surface area contributed by atoms with Crippen LogP contribution in [0.2, 0.25) is 0 Å². The number of nitrogens with one attached hydrogen (secondary N) is 1. The molecule has 0 aliphatic carbocycles. The van der Waals surface area contributed by atoms with Gasteiger partial charge in [-0.1, -0.05) is 6.07 Å². The smallest absolute Gasteiger partial charge is 0.253 e. The molecule has 112 valence electrons. The summed E-state index contributed by atoms with van der Waals surface area (Å²) >= 11 is 1.64. The van der Waals surface area contributed by atoms with Crippen molar-refractivity contribution in [2.45, 2.75) is 13.3 Å². The van der Waals surface area contributed by atoms with Crippen LogP contribution in [0.5, 0.6) is 0 Å². The minimum atomic E-state index is -0.103. The molecule has 22 heavy (non-hydrogen) atoms. The van der Waals surface area contributed by atoms with Crippen LogP contribution in [-0.4, -0.2) is 17.4 Å². The van der Waals surface area contributed by atoms with E-state index in [1.165, 1.54) is 0 Å². The van der Waals surface area contributed by atoms with Gasteiger partial charge < -0.3 is 9.73 Å². The van der Waals surface area contributed by atoms with Crippen molar-refractivity contribution in [2.75, 3.05) is 6.54 Å². The van der Waals surface area contributed by atoms with Crippen LogP contribution in [0.15, 0.2) is 52.5 Å². The van der Waals surface area contributed by atoms with E-state index in [0.29, 0.717) is 18.5 Å². The van der Waals surface area contributed by atoms with Gasteiger partial charge >= 0.3 is 0 Å². The second kappa shape index (κ2) is 6.58. The van der Waals surface area contributed by atoms with Crippen molar-refractivity contribution in [2.24, 2.45) is 0 Å². The Morgan fingerprint density at radius 3 is 2.86 bits per heavy atom. The number of carbonyl (C=O) groups is 1. The fraction of sp³-hybridized carbons (Fsp3) is 0.176. The van der Waals surface area contributed by atoms with E-state index in [9.17, 15) is 4.79 Å². The SMILES string of the molecule is Cc1nc(-c2cccs2)ccc1C(=O)NCCc1ccco1. The second-order valence-electron chi connectivity index (χ2n) is 4.89. The van der Waals surface area contributed by atoms with Crippen molar-refractivity contribution in [3.63, 3.8) is 0 Å². The van der Waals surface area contributed by atoms with Crippen LogP contribution in [0, 0.1) is 6.92 Å². The Hall–Kier alpha value is -2.40. The number of hydrogen-bond donors (Lipinski definition) is 1. The molecule has 0 saturated carbocycles. The summed E-state index contributed by atoms with van der Waals surface area (Å²) in [7, 11) is 0. The van der Waals surface area contributed by atoms with E-state index < -0.39 is 0 Å². The van der Waals surface area contributed by atoms with Gasteiger partial charge in [0.1, 0.15) is 5.76 Å². The molecule has 0 aliphatic rings. The largest absolute Gasteiger partial charge is 0.469 e. The summed E-state index contributed by atoms with van der Waals surface area (Å²) in [6.07, 6.45) is 2.31. The molecule has 0 aromatic carbocycles. The minimum absolute atomic E-state index is 0.103. The summed E-state index contributed by atoms with van der Waals surface area (Å²) in [5.74, 6) is 0.762. The molecule has 0 saturated heterocycles. The van der Waals surface area contributed by atoms with Gasteiger partial charge in [-0.2, -0.15) is 0 Å². The molecule has 3 aromatic rings. The van der Waals surface area contributed by atoms with Crippen LogP contribution in [0.25, 0.3) is 10.6 Å². The highest BCUT2D eigenvalue weighted by Crippen LogP contribution is 2.23. The van der Waals surface area contributed by atoms with Crippen LogP contribution in [-0.2, 0) is 6.42 Å². The first-order valence-corrected chi connectivity index (χ1v) is 7.94. The minimum Gasteiger partial charge on any atom is -0.469 e. The van der Waals surface area contributed by atoms with Crippen molar-refractivity contribution in [1.82, 2.24) is 10.3 Å². The average Bonchev–Trinajstić information content (AvgIpc) is 3.20. The van der Waals surface area contributed by atoms with Crippen LogP contribution >= 0.6 is 11.3 Å². The topological polar surface area (TPSA) is 55.1 Å². The van der Waals surface area contributed by atoms with Crippen molar-refractivity contribution in [1.29, 1.82) is 0 Å². The van der Waals surface area contributed by atoms with Crippen molar-refractivity contribution < 1.29 is 9.21 Å². The number of hydrogen-bond acceptors (Lipinski definition) is 4. The van der Waals surface area contributed by atoms with Gasteiger partial charge in [-0.3, -0.25) is 9.78 Å². The highest BCUT2D eigenvalue weighted by Gasteiger charge is 2.11. The van der Waals surface area contributed by atoms with E-state index >= 15 is 0 Å². The number of furan rings is 1. The lowest BCUT2D eigenvalue weighted by Gasteiger charge is -2.08. The number of thiophene rings is 1. The Balaban J connectivity index is 1.65. The maximum atomic E-state index is 12.2. The van der Waals surface area contributed by atoms with E-state index in [2.05, 4.69) is 10.3 Å². The van der Waals surface area contributed by atoms with Gasteiger partial charge in [-0.05, 0) is 42.6 Å². The normalized spacial score (nSPS) is 10.6. The molecule has 3 rings (SSSR count). The number of carbonyl (C=O) groups excluding carboxylic acids is 1. The zero-order valence-corrected chi connectivity index (χ0v) is 13.0. The molecule has 4 nitrogen and oxygen atoms in total. The average molecular weight is 312 g/mol. The molecule has 0 unspecified atom stereocenters. The second-order valence-corrected chi connectivity index (χ2v) is 5.84. The third-order valence-electron chi connectivity index (χ3n) is 3.34. The first-order valence-electron chi connectivity index (χ1n) is 7.06. The molecular weight excluding hydrogens is 296 g/mol. The Bertz CT molecular complexity index is 749. The Morgan fingerprint density at radius 1 is 1.27 bits per heavy atom. The van der Waals surface area contributed by atoms with Gasteiger partial charge in [0, 0.05) is 13.0 Å². The van der Waals surface area contributed by atoms with Gasteiger partial charge in [0.2, 0.25) is 0 Å². The fourth-order valence-electron chi connectivity index (χ4n) is 2.21. The number of aryl methyl sites for hydroxylation is 1. The van der Waals surface area contributed by atoms with Gasteiger partial charge in [-0.25, -0.2) is 0 Å². The molecule has 1 amide bonds. The third kappa shape index (κ3) is 3.26. The number of nitrogens with zero attached hydrogens (tertiary/aromatic N) is 1. The van der Waals surface area contributed by atoms with E-state index in [0.717, 1.165) is 22.0 Å². The lowest BCUT2D eigenvalue weighted by Crippen LogP contribution is -2.26. The summed E-state index contributed by atoms with van der Waals surface area (Å²) in [6.45, 7) is 2.40. The molecule has 0 radical (unpaired) electrons. The zero-order chi connectivity index (χ0) is 15.4. The van der Waals surface area contributed by atoms with Gasteiger partial charge in [0.25, 0.3) is 5.91 Å². The summed E-state index contributed by atoms with van der Waals surface area (Å²) in [4.78, 5) is 17.8. The Kier molecular flexibility index (Phi) is 4.34. The lowest BCUT2D eigenvalue weighted by atomic mass is 10.1. The summed E-state index contributed by atoms with van der Waals surface area (Å²) in [6, 6.07) is 11.5. The predicted molar refractivity (Wildman–Crippen MR) is 87.0 cm³/mol. The quantitative estimate of drug-likeness (QED) is 0.782. The van der Waals surface area contributed by atoms with Crippen LogP contribution in [0.3, 0.4) is 0 Å². The third-order valence-corrected chi connectivity index (χ3v) is 4.23. The molecule has 3 aromatic heterocycles. The summed E-state index contributed by atoms with van der Waals surface area (Å²) in [5.41, 5.74) is 2.25. The summed E-state index contributed by atoms with van der Waals surface area (Å²) < 4.78 is 5.24. The van der Waals surface area contributed by atoms with Gasteiger partial charge in [0.15, 0.2) is 0 Å². The first-order chi connectivity index (χ1) is 10.7. The van der Waals surface area contributed by atoms with E-state index in [1.54, 1.807) is 17.6 Å². The van der Waals surface area contributed by atoms with E-state index in [-0.39, 0.29) is 5.91 Å². The molecule has 0 fully saturated rings. The number of amides is 1. The van der Waals surface area contributed by atoms with Crippen LogP contribution in [0.1, 0.15) is 21.8 Å². The Labute approximate surface area is 132 Å². The van der Waals surface area contributed by atoms with E-state index in [4.69, 9.17) is 4.42 Å². The maximum absolute atomic E-state index is 12.2. The fourth-order valence-corrected chi connectivity index (χ4v) is 2.91. The molecule has 0 aliphatic heterocycles. The summed E-state index contributed by atoms with van der Waals surface area (Å²) in [5, 5.41) is 4.91. The standard InChI is InChI=1S/C17H16N2O2S/c1-12-14(6-7-15(19-12)16-5-3-11-22-16)17(20)18-9-8-13-4-2-10-21-13/h2-7,10-11H,8-9H2,1H3,(H,18,20). The first kappa shape index (κ1) is 14.5. The molecule has 1 N–H and O–H groups in total. The van der Waals surface area contributed by atoms with Crippen molar-refractivity contribution in [3.8, 4) is 10.6 Å². The molecular formula is C17H16N2O2S. The molecule has 0 bridgehead atoms. The highest BCUT2D eigenvalue weighted by molar-refractivity contribution is 7.13. The Morgan fingerprint density at radius 2 is 2.18 bits per heavy atom. The number of rotatable bonds is 5. The van der Waals surface area contributed by atoms with Crippen molar-refractivity contribution in [3.05, 3.63) is 65.1 Å². The monoisotopic (exact) mass is 312 g/mol. The maximum Gasteiger partial charge on any atom is 0.253 e. The molecule has 0 atom stereocenters. The van der Waals surface area contributed by atoms with Crippen LogP contribution < -0.4 is 5.32 Å². The predicted octanol–water partition coefficient (Wildman–Crippen LogP) is 3.68. The van der Waals surface area contributed by atoms with E-state index in [1.807, 2.05) is 48.7 Å².